The van der Waals surface area contributed by atoms with Crippen LogP contribution in [0.1, 0.15) is 0 Å². The molecule has 0 aliphatic heterocycles. The summed E-state index contributed by atoms with van der Waals surface area (Å²) in [6.45, 7) is 0. The van der Waals surface area contributed by atoms with Crippen molar-refractivity contribution >= 4 is 39.2 Å². The summed E-state index contributed by atoms with van der Waals surface area (Å²) in [5, 5.41) is 0. The largest absolute Gasteiger partial charge is 0.334 e. The Bertz CT molecular complexity index is 87.7. The van der Waals surface area contributed by atoms with Crippen LogP contribution >= 0.6 is 27.4 Å². The third kappa shape index (κ3) is 3.80. The average molecular weight is 177 g/mol. The maximum Gasteiger partial charge on any atom is 0.206 e. The predicted octanol–water partition coefficient (Wildman–Crippen LogP) is 2.46. The second-order valence-corrected chi connectivity index (χ2v) is 9.89. The Labute approximate surface area is 57.4 Å². The normalized spacial score (nSPS) is 18.7. The van der Waals surface area contributed by atoms with Gasteiger partial charge in [-0.1, -0.05) is 11.4 Å². The fraction of sp³-hybridized carbons (Fsp3) is 1.00. The van der Waals surface area contributed by atoms with Gasteiger partial charge in [0.05, 0.1) is 0 Å². The van der Waals surface area contributed by atoms with Crippen LogP contribution in [0.25, 0.3) is 0 Å². The van der Waals surface area contributed by atoms with Gasteiger partial charge in [-0.15, -0.1) is 0 Å². The van der Waals surface area contributed by atoms with Crippen molar-refractivity contribution in [3.05, 3.63) is 0 Å². The molecular weight excluding hydrogens is 171 g/mol. The molecule has 1 nitrogen and oxygen atoms in total. The molecule has 0 bridgehead atoms. The van der Waals surface area contributed by atoms with Gasteiger partial charge < -0.3 is 4.52 Å². The highest BCUT2D eigenvalue weighted by molar-refractivity contribution is 8.76. The van der Waals surface area contributed by atoms with Crippen molar-refractivity contribution in [2.24, 2.45) is 0 Å². The van der Waals surface area contributed by atoms with Crippen molar-refractivity contribution in [3.8, 4) is 0 Å². The zero-order valence-electron chi connectivity index (χ0n) is 4.05. The minimum Gasteiger partial charge on any atom is -0.334 e. The summed E-state index contributed by atoms with van der Waals surface area (Å²) in [5.41, 5.74) is 0. The minimum absolute atomic E-state index is 1.40. The van der Waals surface area contributed by atoms with Gasteiger partial charge in [0.15, 0.2) is 0 Å². The quantitative estimate of drug-likeness (QED) is 0.599. The van der Waals surface area contributed by atoms with Gasteiger partial charge in [0.2, 0.25) is 4.82 Å². The first-order chi connectivity index (χ1) is 3.12. The number of rotatable bonds is 2. The number of halogens is 1. The van der Waals surface area contributed by atoms with Crippen molar-refractivity contribution in [1.82, 2.24) is 0 Å². The highest BCUT2D eigenvalue weighted by Gasteiger charge is 2.06. The Morgan fingerprint density at radius 2 is 2.29 bits per heavy atom. The van der Waals surface area contributed by atoms with Crippen molar-refractivity contribution in [1.29, 1.82) is 0 Å². The molecule has 0 aromatic carbocycles. The topological polar surface area (TPSA) is 9.23 Å². The van der Waals surface area contributed by atoms with E-state index in [1.54, 1.807) is 0 Å². The van der Waals surface area contributed by atoms with Gasteiger partial charge in [-0.05, 0) is 29.3 Å². The molecule has 0 saturated carbocycles. The standard InChI is InChI=1S/C2H6ClOPS2/c1-4-5(3,6)7-2/h1-2H3. The van der Waals surface area contributed by atoms with Crippen LogP contribution in [0, 0.1) is 0 Å². The summed E-state index contributed by atoms with van der Waals surface area (Å²) in [7, 11) is 1.53. The molecule has 44 valence electrons. The van der Waals surface area contributed by atoms with E-state index >= 15 is 0 Å². The molecule has 0 aromatic rings. The van der Waals surface area contributed by atoms with Crippen molar-refractivity contribution in [2.45, 2.75) is 0 Å². The van der Waals surface area contributed by atoms with Crippen LogP contribution in [0.15, 0.2) is 0 Å². The molecule has 0 aromatic heterocycles. The molecule has 0 N–H and O–H groups in total. The molecular formula is C2H6ClOPS2. The molecule has 0 radical (unpaired) electrons. The van der Waals surface area contributed by atoms with Gasteiger partial charge in [-0.25, -0.2) is 0 Å². The summed E-state index contributed by atoms with van der Waals surface area (Å²) in [4.78, 5) is -1.93. The smallest absolute Gasteiger partial charge is 0.206 e. The van der Waals surface area contributed by atoms with Crippen molar-refractivity contribution < 1.29 is 4.52 Å². The summed E-state index contributed by atoms with van der Waals surface area (Å²) in [6, 6.07) is 0. The Kier molecular flexibility index (Phi) is 3.90. The maximum atomic E-state index is 5.57. The lowest BCUT2D eigenvalue weighted by Crippen LogP contribution is -1.64. The Balaban J connectivity index is 3.61. The van der Waals surface area contributed by atoms with Crippen LogP contribution in [0.5, 0.6) is 0 Å². The molecule has 7 heavy (non-hydrogen) atoms. The van der Waals surface area contributed by atoms with Crippen LogP contribution in [0.3, 0.4) is 0 Å². The van der Waals surface area contributed by atoms with Gasteiger partial charge in [-0.2, -0.15) is 0 Å². The zero-order chi connectivity index (χ0) is 5.91. The lowest BCUT2D eigenvalue weighted by atomic mass is 11.8. The van der Waals surface area contributed by atoms with Crippen molar-refractivity contribution in [3.63, 3.8) is 0 Å². The average Bonchev–Trinajstić information content (AvgIpc) is 1.68. The van der Waals surface area contributed by atoms with E-state index in [-0.39, 0.29) is 0 Å². The molecule has 1 atom stereocenters. The van der Waals surface area contributed by atoms with Crippen LogP contribution in [-0.4, -0.2) is 13.4 Å². The first-order valence-electron chi connectivity index (χ1n) is 1.53. The van der Waals surface area contributed by atoms with E-state index in [4.69, 9.17) is 27.6 Å². The number of hydrogen-bond donors (Lipinski definition) is 0. The molecule has 0 spiro atoms. The van der Waals surface area contributed by atoms with E-state index in [0.717, 1.165) is 0 Å². The van der Waals surface area contributed by atoms with E-state index in [1.165, 1.54) is 18.5 Å². The molecule has 0 saturated heterocycles. The monoisotopic (exact) mass is 176 g/mol. The third-order valence-electron chi connectivity index (χ3n) is 0.436. The fourth-order valence-corrected chi connectivity index (χ4v) is 0.671. The van der Waals surface area contributed by atoms with E-state index in [2.05, 4.69) is 0 Å². The summed E-state index contributed by atoms with van der Waals surface area (Å²) >= 11 is 11.7. The second-order valence-electron chi connectivity index (χ2n) is 0.796. The zero-order valence-corrected chi connectivity index (χ0v) is 7.33. The lowest BCUT2D eigenvalue weighted by molar-refractivity contribution is 0.480. The molecule has 0 rings (SSSR count). The van der Waals surface area contributed by atoms with Crippen LogP contribution in [0.2, 0.25) is 0 Å². The maximum absolute atomic E-state index is 5.57. The van der Waals surface area contributed by atoms with Crippen LogP contribution in [-0.2, 0) is 16.3 Å². The molecule has 0 fully saturated rings. The Morgan fingerprint density at radius 3 is 2.29 bits per heavy atom. The first kappa shape index (κ1) is 8.25. The molecule has 1 unspecified atom stereocenters. The van der Waals surface area contributed by atoms with E-state index in [1.807, 2.05) is 6.26 Å². The van der Waals surface area contributed by atoms with Crippen LogP contribution < -0.4 is 0 Å². The summed E-state index contributed by atoms with van der Waals surface area (Å²) in [6.07, 6.45) is 1.84. The van der Waals surface area contributed by atoms with Crippen LogP contribution in [0.4, 0.5) is 0 Å². The molecule has 0 aliphatic rings. The van der Waals surface area contributed by atoms with E-state index < -0.39 is 4.82 Å². The van der Waals surface area contributed by atoms with Gasteiger partial charge in [0, 0.05) is 7.11 Å². The van der Waals surface area contributed by atoms with Crippen molar-refractivity contribution in [2.75, 3.05) is 13.4 Å². The Hall–Kier alpha value is 1.25. The lowest BCUT2D eigenvalue weighted by Gasteiger charge is -2.04. The van der Waals surface area contributed by atoms with E-state index in [9.17, 15) is 0 Å². The second kappa shape index (κ2) is 3.31. The fourth-order valence-electron chi connectivity index (χ4n) is 0.0745. The number of hydrogen-bond acceptors (Lipinski definition) is 3. The molecule has 5 heteroatoms. The minimum atomic E-state index is -1.93. The molecule has 0 heterocycles. The van der Waals surface area contributed by atoms with Gasteiger partial charge in [0.25, 0.3) is 0 Å². The van der Waals surface area contributed by atoms with Gasteiger partial charge in [-0.3, -0.25) is 0 Å². The summed E-state index contributed by atoms with van der Waals surface area (Å²) < 4.78 is 4.74. The molecule has 0 amide bonds. The third-order valence-corrected chi connectivity index (χ3v) is 6.51. The predicted molar refractivity (Wildman–Crippen MR) is 40.7 cm³/mol. The van der Waals surface area contributed by atoms with Gasteiger partial charge >= 0.3 is 0 Å². The van der Waals surface area contributed by atoms with E-state index in [0.29, 0.717) is 0 Å². The first-order valence-corrected chi connectivity index (χ1v) is 6.99. The Morgan fingerprint density at radius 1 is 1.86 bits per heavy atom. The molecule has 0 aliphatic carbocycles. The SMILES string of the molecule is COP(=S)(Cl)SC. The highest BCUT2D eigenvalue weighted by Crippen LogP contribution is 2.62. The highest BCUT2D eigenvalue weighted by atomic mass is 35.7. The summed E-state index contributed by atoms with van der Waals surface area (Å²) in [5.74, 6) is 0. The van der Waals surface area contributed by atoms with Gasteiger partial charge in [0.1, 0.15) is 0 Å².